The molecule has 1 rings (SSSR count). The molecule has 0 saturated heterocycles. The van der Waals surface area contributed by atoms with Crippen LogP contribution in [0.1, 0.15) is 39.0 Å². The van der Waals surface area contributed by atoms with Gasteiger partial charge in [-0.25, -0.2) is 4.79 Å². The minimum Gasteiger partial charge on any atom is -0.450 e. The fourth-order valence-corrected chi connectivity index (χ4v) is 3.76. The van der Waals surface area contributed by atoms with Crippen LogP contribution in [-0.2, 0) is 4.74 Å². The van der Waals surface area contributed by atoms with E-state index < -0.39 is 8.07 Å². The minimum atomic E-state index is -1.15. The van der Waals surface area contributed by atoms with E-state index in [1.807, 2.05) is 0 Å². The second-order valence-electron chi connectivity index (χ2n) is 8.43. The Morgan fingerprint density at radius 1 is 1.27 bits per heavy atom. The molecule has 2 N–H and O–H groups in total. The van der Waals surface area contributed by atoms with Crippen LogP contribution in [-0.4, -0.2) is 45.3 Å². The topological polar surface area (TPSA) is 55.6 Å². The second kappa shape index (κ2) is 8.92. The molecule has 0 aromatic rings. The summed E-state index contributed by atoms with van der Waals surface area (Å²) in [4.78, 5) is 13.6. The van der Waals surface area contributed by atoms with E-state index in [4.69, 9.17) is 10.5 Å². The second-order valence-corrected chi connectivity index (χ2v) is 14.0. The normalized spacial score (nSPS) is 23.9. The first-order chi connectivity index (χ1) is 10.2. The van der Waals surface area contributed by atoms with Gasteiger partial charge >= 0.3 is 6.09 Å². The molecule has 1 fully saturated rings. The molecule has 5 heteroatoms. The molecule has 22 heavy (non-hydrogen) atoms. The zero-order chi connectivity index (χ0) is 16.8. The van der Waals surface area contributed by atoms with Crippen LogP contribution < -0.4 is 5.73 Å². The Labute approximate surface area is 137 Å². The molecule has 1 amide bonds. The molecule has 1 saturated carbocycles. The van der Waals surface area contributed by atoms with Crippen LogP contribution in [0, 0.1) is 11.8 Å². The molecule has 0 spiro atoms. The van der Waals surface area contributed by atoms with E-state index in [0.717, 1.165) is 24.3 Å². The summed E-state index contributed by atoms with van der Waals surface area (Å²) < 4.78 is 5.35. The van der Waals surface area contributed by atoms with Crippen LogP contribution in [0.3, 0.4) is 0 Å². The first kappa shape index (κ1) is 19.5. The zero-order valence-electron chi connectivity index (χ0n) is 15.2. The molecule has 1 atom stereocenters. The molecule has 0 aromatic carbocycles. The van der Waals surface area contributed by atoms with Crippen LogP contribution in [0.15, 0.2) is 0 Å². The lowest BCUT2D eigenvalue weighted by molar-refractivity contribution is 0.112. The molecule has 0 radical (unpaired) electrons. The van der Waals surface area contributed by atoms with Crippen molar-refractivity contribution in [2.24, 2.45) is 17.6 Å². The van der Waals surface area contributed by atoms with Crippen molar-refractivity contribution < 1.29 is 9.53 Å². The lowest BCUT2D eigenvalue weighted by Gasteiger charge is -2.29. The highest BCUT2D eigenvalue weighted by Gasteiger charge is 2.22. The van der Waals surface area contributed by atoms with Crippen molar-refractivity contribution in [1.29, 1.82) is 0 Å². The van der Waals surface area contributed by atoms with Gasteiger partial charge in [-0.3, -0.25) is 0 Å². The summed E-state index contributed by atoms with van der Waals surface area (Å²) in [6.45, 7) is 10.3. The highest BCUT2D eigenvalue weighted by atomic mass is 28.3. The SMILES string of the molecule is CC1CCC(C[C@H](N)CN(C)C(=O)OCC[Si](C)(C)C)CC1. The number of likely N-dealkylation sites (N-methyl/N-ethyl adjacent to an activating group) is 1. The van der Waals surface area contributed by atoms with Gasteiger partial charge < -0.3 is 15.4 Å². The summed E-state index contributed by atoms with van der Waals surface area (Å²) in [7, 11) is 0.645. The maximum atomic E-state index is 12.0. The number of hydrogen-bond donors (Lipinski definition) is 1. The fourth-order valence-electron chi connectivity index (χ4n) is 3.05. The van der Waals surface area contributed by atoms with Crippen LogP contribution in [0.4, 0.5) is 4.79 Å². The third kappa shape index (κ3) is 8.18. The van der Waals surface area contributed by atoms with Gasteiger partial charge in [-0.05, 0) is 24.3 Å². The summed E-state index contributed by atoms with van der Waals surface area (Å²) in [5, 5.41) is 0. The highest BCUT2D eigenvalue weighted by molar-refractivity contribution is 6.76. The predicted molar refractivity (Wildman–Crippen MR) is 95.8 cm³/mol. The Morgan fingerprint density at radius 2 is 1.86 bits per heavy atom. The van der Waals surface area contributed by atoms with Gasteiger partial charge in [-0.15, -0.1) is 0 Å². The van der Waals surface area contributed by atoms with Gasteiger partial charge in [0.1, 0.15) is 0 Å². The number of rotatable bonds is 7. The minimum absolute atomic E-state index is 0.0629. The van der Waals surface area contributed by atoms with E-state index in [-0.39, 0.29) is 12.1 Å². The smallest absolute Gasteiger partial charge is 0.409 e. The average molecular weight is 329 g/mol. The number of hydrogen-bond acceptors (Lipinski definition) is 3. The van der Waals surface area contributed by atoms with Crippen molar-refractivity contribution in [3.63, 3.8) is 0 Å². The van der Waals surface area contributed by atoms with Crippen LogP contribution in [0.25, 0.3) is 0 Å². The maximum absolute atomic E-state index is 12.0. The first-order valence-corrected chi connectivity index (χ1v) is 12.5. The number of carbonyl (C=O) groups excluding carboxylic acids is 1. The van der Waals surface area contributed by atoms with E-state index in [1.165, 1.54) is 25.7 Å². The van der Waals surface area contributed by atoms with Gasteiger partial charge in [0.15, 0.2) is 0 Å². The van der Waals surface area contributed by atoms with Gasteiger partial charge in [0.2, 0.25) is 0 Å². The molecule has 1 aliphatic rings. The summed E-state index contributed by atoms with van der Waals surface area (Å²) in [6.07, 6.45) is 6.03. The van der Waals surface area contributed by atoms with Crippen molar-refractivity contribution in [3.8, 4) is 0 Å². The van der Waals surface area contributed by atoms with E-state index in [0.29, 0.717) is 13.2 Å². The fraction of sp³-hybridized carbons (Fsp3) is 0.941. The van der Waals surface area contributed by atoms with Gasteiger partial charge in [-0.2, -0.15) is 0 Å². The number of amides is 1. The van der Waals surface area contributed by atoms with E-state index in [2.05, 4.69) is 26.6 Å². The third-order valence-corrected chi connectivity index (χ3v) is 6.37. The number of nitrogens with zero attached hydrogens (tertiary/aromatic N) is 1. The first-order valence-electron chi connectivity index (χ1n) is 8.81. The zero-order valence-corrected chi connectivity index (χ0v) is 16.2. The van der Waals surface area contributed by atoms with Crippen molar-refractivity contribution in [2.45, 2.75) is 70.8 Å². The van der Waals surface area contributed by atoms with Crippen molar-refractivity contribution in [1.82, 2.24) is 4.90 Å². The van der Waals surface area contributed by atoms with Crippen molar-refractivity contribution in [2.75, 3.05) is 20.2 Å². The summed E-state index contributed by atoms with van der Waals surface area (Å²) in [5.74, 6) is 1.61. The molecule has 1 aliphatic carbocycles. The molecule has 0 heterocycles. The largest absolute Gasteiger partial charge is 0.450 e. The molecule has 130 valence electrons. The van der Waals surface area contributed by atoms with E-state index >= 15 is 0 Å². The predicted octanol–water partition coefficient (Wildman–Crippen LogP) is 3.94. The number of nitrogens with two attached hydrogens (primary N) is 1. The van der Waals surface area contributed by atoms with Crippen LogP contribution in [0.2, 0.25) is 25.7 Å². The van der Waals surface area contributed by atoms with E-state index in [1.54, 1.807) is 11.9 Å². The van der Waals surface area contributed by atoms with Crippen molar-refractivity contribution in [3.05, 3.63) is 0 Å². The van der Waals surface area contributed by atoms with Gasteiger partial charge in [0.25, 0.3) is 0 Å². The van der Waals surface area contributed by atoms with Gasteiger partial charge in [-0.1, -0.05) is 52.2 Å². The quantitative estimate of drug-likeness (QED) is 0.720. The molecule has 0 bridgehead atoms. The summed E-state index contributed by atoms with van der Waals surface area (Å²) in [5.41, 5.74) is 6.23. The van der Waals surface area contributed by atoms with Crippen LogP contribution >= 0.6 is 0 Å². The lowest BCUT2D eigenvalue weighted by atomic mass is 9.80. The highest BCUT2D eigenvalue weighted by Crippen LogP contribution is 2.30. The van der Waals surface area contributed by atoms with Gasteiger partial charge in [0, 0.05) is 27.7 Å². The Morgan fingerprint density at radius 3 is 2.41 bits per heavy atom. The molecule has 0 aliphatic heterocycles. The molecule has 0 unspecified atom stereocenters. The molecular weight excluding hydrogens is 292 g/mol. The van der Waals surface area contributed by atoms with Crippen LogP contribution in [0.5, 0.6) is 0 Å². The Balaban J connectivity index is 2.22. The summed E-state index contributed by atoms with van der Waals surface area (Å²) in [6, 6.07) is 1.08. The third-order valence-electron chi connectivity index (χ3n) is 4.67. The van der Waals surface area contributed by atoms with Gasteiger partial charge in [0.05, 0.1) is 6.61 Å². The molecule has 0 aromatic heterocycles. The Kier molecular flexibility index (Phi) is 7.90. The molecular formula is C17H36N2O2Si. The average Bonchev–Trinajstić information content (AvgIpc) is 2.39. The lowest BCUT2D eigenvalue weighted by Crippen LogP contribution is -2.40. The maximum Gasteiger partial charge on any atom is 0.409 e. The van der Waals surface area contributed by atoms with Crippen molar-refractivity contribution >= 4 is 14.2 Å². The standard InChI is InChI=1S/C17H36N2O2Si/c1-14-6-8-15(9-7-14)12-16(18)13-19(2)17(20)21-10-11-22(3,4)5/h14-16H,6-13,18H2,1-5H3/t14?,15?,16-/m0/s1. The molecule has 4 nitrogen and oxygen atoms in total. The monoisotopic (exact) mass is 328 g/mol. The Bertz CT molecular complexity index is 336. The number of carbonyl (C=O) groups is 1. The Hall–Kier alpha value is -0.553. The van der Waals surface area contributed by atoms with E-state index in [9.17, 15) is 4.79 Å². The summed E-state index contributed by atoms with van der Waals surface area (Å²) >= 11 is 0. The number of ether oxygens (including phenoxy) is 1.